The summed E-state index contributed by atoms with van der Waals surface area (Å²) in [4.78, 5) is 0. The van der Waals surface area contributed by atoms with Crippen LogP contribution >= 0.6 is 0 Å². The van der Waals surface area contributed by atoms with Crippen molar-refractivity contribution < 1.29 is 31.5 Å². The van der Waals surface area contributed by atoms with Gasteiger partial charge >= 0.3 is 0 Å². The van der Waals surface area contributed by atoms with Gasteiger partial charge in [-0.25, -0.2) is 0 Å². The molecule has 104 valence electrons. The second-order valence-corrected chi connectivity index (χ2v) is 6.81. The van der Waals surface area contributed by atoms with Gasteiger partial charge in [0.05, 0.1) is 12.9 Å². The van der Waals surface area contributed by atoms with Gasteiger partial charge in [0.2, 0.25) is 0 Å². The summed E-state index contributed by atoms with van der Waals surface area (Å²) >= 11 is 0. The van der Waals surface area contributed by atoms with Crippen LogP contribution in [0.5, 0.6) is 0 Å². The highest BCUT2D eigenvalue weighted by Crippen LogP contribution is 2.42. The molecule has 3 rings (SSSR count). The predicted molar refractivity (Wildman–Crippen MR) is 58.2 cm³/mol. The molecule has 18 heavy (non-hydrogen) atoms. The average Bonchev–Trinajstić information content (AvgIpc) is 2.90. The Bertz CT molecular complexity index is 441. The standard InChI is InChI=1S/C10H16O7S/c1-10(2)15-8-7(17-18(3,11)12)6(5-4-13-5)14-9(8)16-10/h5-9H,4H2,1-3H3/t5-,6+,7+,8-,9-/m1/s1. The molecule has 0 unspecified atom stereocenters. The second-order valence-electron chi connectivity index (χ2n) is 5.21. The first-order valence-corrected chi connectivity index (χ1v) is 7.58. The third-order valence-electron chi connectivity index (χ3n) is 3.04. The fraction of sp³-hybridized carbons (Fsp3) is 1.00. The highest BCUT2D eigenvalue weighted by Gasteiger charge is 2.60. The molecule has 0 saturated carbocycles. The number of hydrogen-bond donors (Lipinski definition) is 0. The Morgan fingerprint density at radius 3 is 2.44 bits per heavy atom. The highest BCUT2D eigenvalue weighted by atomic mass is 32.2. The molecule has 5 atom stereocenters. The highest BCUT2D eigenvalue weighted by molar-refractivity contribution is 7.86. The van der Waals surface area contributed by atoms with E-state index in [4.69, 9.17) is 23.1 Å². The normalized spacial score (nSPS) is 46.1. The van der Waals surface area contributed by atoms with Crippen LogP contribution in [0.1, 0.15) is 13.8 Å². The van der Waals surface area contributed by atoms with Gasteiger partial charge in [-0.15, -0.1) is 0 Å². The maximum atomic E-state index is 11.3. The van der Waals surface area contributed by atoms with E-state index in [2.05, 4.69) is 0 Å². The number of fused-ring (bicyclic) bond motifs is 1. The zero-order valence-corrected chi connectivity index (χ0v) is 11.2. The van der Waals surface area contributed by atoms with E-state index in [1.54, 1.807) is 13.8 Å². The smallest absolute Gasteiger partial charge is 0.264 e. The fourth-order valence-electron chi connectivity index (χ4n) is 2.36. The van der Waals surface area contributed by atoms with Crippen LogP contribution in [0.15, 0.2) is 0 Å². The van der Waals surface area contributed by atoms with Gasteiger partial charge in [-0.05, 0) is 13.8 Å². The van der Waals surface area contributed by atoms with Crippen LogP contribution < -0.4 is 0 Å². The van der Waals surface area contributed by atoms with Crippen molar-refractivity contribution >= 4 is 10.1 Å². The zero-order chi connectivity index (χ0) is 13.1. The quantitative estimate of drug-likeness (QED) is 0.514. The van der Waals surface area contributed by atoms with Gasteiger partial charge in [0.25, 0.3) is 10.1 Å². The third kappa shape index (κ3) is 2.40. The van der Waals surface area contributed by atoms with Crippen molar-refractivity contribution in [3.63, 3.8) is 0 Å². The van der Waals surface area contributed by atoms with Gasteiger partial charge in [-0.3, -0.25) is 4.18 Å². The van der Waals surface area contributed by atoms with E-state index >= 15 is 0 Å². The topological polar surface area (TPSA) is 83.6 Å². The van der Waals surface area contributed by atoms with E-state index < -0.39 is 40.5 Å². The molecule has 0 spiro atoms. The lowest BCUT2D eigenvalue weighted by Gasteiger charge is -2.24. The Balaban J connectivity index is 1.81. The predicted octanol–water partition coefficient (Wildman–Crippen LogP) is -0.394. The van der Waals surface area contributed by atoms with Crippen LogP contribution in [0, 0.1) is 0 Å². The van der Waals surface area contributed by atoms with Gasteiger partial charge < -0.3 is 18.9 Å². The molecule has 0 N–H and O–H groups in total. The summed E-state index contributed by atoms with van der Waals surface area (Å²) in [5.74, 6) is -0.802. The van der Waals surface area contributed by atoms with Gasteiger partial charge in [0.1, 0.15) is 24.4 Å². The first-order chi connectivity index (χ1) is 8.25. The Hall–Kier alpha value is -0.250. The molecule has 3 fully saturated rings. The summed E-state index contributed by atoms with van der Waals surface area (Å²) in [7, 11) is -3.59. The van der Waals surface area contributed by atoms with Crippen LogP contribution in [0.4, 0.5) is 0 Å². The second kappa shape index (κ2) is 3.87. The maximum Gasteiger partial charge on any atom is 0.264 e. The summed E-state index contributed by atoms with van der Waals surface area (Å²) in [5, 5.41) is 0. The Morgan fingerprint density at radius 2 is 1.89 bits per heavy atom. The van der Waals surface area contributed by atoms with Crippen LogP contribution in [-0.2, 0) is 33.2 Å². The Labute approximate surface area is 105 Å². The lowest BCUT2D eigenvalue weighted by atomic mass is 10.1. The van der Waals surface area contributed by atoms with E-state index in [0.29, 0.717) is 6.61 Å². The van der Waals surface area contributed by atoms with Crippen LogP contribution in [0.2, 0.25) is 0 Å². The molecule has 0 aliphatic carbocycles. The minimum absolute atomic E-state index is 0.141. The molecular weight excluding hydrogens is 264 g/mol. The number of epoxide rings is 1. The van der Waals surface area contributed by atoms with Crippen molar-refractivity contribution in [2.24, 2.45) is 0 Å². The van der Waals surface area contributed by atoms with Crippen LogP contribution in [-0.4, -0.2) is 57.8 Å². The lowest BCUT2D eigenvalue weighted by molar-refractivity contribution is -0.214. The van der Waals surface area contributed by atoms with Gasteiger partial charge in [0.15, 0.2) is 12.1 Å². The molecule has 3 aliphatic heterocycles. The van der Waals surface area contributed by atoms with E-state index in [0.717, 1.165) is 6.26 Å². The summed E-state index contributed by atoms with van der Waals surface area (Å²) in [6.45, 7) is 4.03. The molecule has 8 heteroatoms. The lowest BCUT2D eigenvalue weighted by Crippen LogP contribution is -2.40. The molecule has 0 aromatic heterocycles. The fourth-order valence-corrected chi connectivity index (χ4v) is 2.98. The molecule has 0 bridgehead atoms. The SMILES string of the molecule is CC1(C)O[C@H]2O[C@@H]([C@H]3CO3)[C@H](OS(C)(=O)=O)[C@H]2O1. The molecule has 3 saturated heterocycles. The molecule has 0 aromatic carbocycles. The van der Waals surface area contributed by atoms with E-state index in [-0.39, 0.29) is 6.10 Å². The van der Waals surface area contributed by atoms with E-state index in [1.807, 2.05) is 0 Å². The van der Waals surface area contributed by atoms with Gasteiger partial charge in [0, 0.05) is 0 Å². The van der Waals surface area contributed by atoms with E-state index in [9.17, 15) is 8.42 Å². The van der Waals surface area contributed by atoms with E-state index in [1.165, 1.54) is 0 Å². The average molecular weight is 280 g/mol. The molecule has 0 amide bonds. The van der Waals surface area contributed by atoms with Crippen LogP contribution in [0.25, 0.3) is 0 Å². The van der Waals surface area contributed by atoms with Crippen molar-refractivity contribution in [1.82, 2.24) is 0 Å². The Morgan fingerprint density at radius 1 is 1.22 bits per heavy atom. The first kappa shape index (κ1) is 12.8. The van der Waals surface area contributed by atoms with Gasteiger partial charge in [-0.2, -0.15) is 8.42 Å². The van der Waals surface area contributed by atoms with Gasteiger partial charge in [-0.1, -0.05) is 0 Å². The third-order valence-corrected chi connectivity index (χ3v) is 3.61. The van der Waals surface area contributed by atoms with Crippen molar-refractivity contribution in [2.75, 3.05) is 12.9 Å². The maximum absolute atomic E-state index is 11.3. The van der Waals surface area contributed by atoms with Crippen molar-refractivity contribution in [2.45, 2.75) is 50.3 Å². The van der Waals surface area contributed by atoms with Crippen molar-refractivity contribution in [1.29, 1.82) is 0 Å². The molecule has 7 nitrogen and oxygen atoms in total. The molecule has 3 aliphatic rings. The minimum atomic E-state index is -3.59. The summed E-state index contributed by atoms with van der Waals surface area (Å²) in [6, 6.07) is 0. The van der Waals surface area contributed by atoms with Crippen molar-refractivity contribution in [3.05, 3.63) is 0 Å². The molecule has 0 aromatic rings. The molecule has 0 radical (unpaired) electrons. The first-order valence-electron chi connectivity index (χ1n) is 5.76. The van der Waals surface area contributed by atoms with Crippen LogP contribution in [0.3, 0.4) is 0 Å². The monoisotopic (exact) mass is 280 g/mol. The summed E-state index contributed by atoms with van der Waals surface area (Å²) in [6.07, 6.45) is -1.49. The zero-order valence-electron chi connectivity index (χ0n) is 10.4. The number of rotatable bonds is 3. The minimum Gasteiger partial charge on any atom is -0.370 e. The largest absolute Gasteiger partial charge is 0.370 e. The number of ether oxygens (including phenoxy) is 4. The summed E-state index contributed by atoms with van der Waals surface area (Å²) in [5.41, 5.74) is 0. The molecule has 3 heterocycles. The Kier molecular flexibility index (Phi) is 2.75. The molecular formula is C10H16O7S. The summed E-state index contributed by atoms with van der Waals surface area (Å²) < 4.78 is 49.7. The number of hydrogen-bond acceptors (Lipinski definition) is 7. The van der Waals surface area contributed by atoms with Crippen molar-refractivity contribution in [3.8, 4) is 0 Å².